The van der Waals surface area contributed by atoms with Gasteiger partial charge >= 0.3 is 0 Å². The van der Waals surface area contributed by atoms with Gasteiger partial charge < -0.3 is 4.74 Å². The lowest BCUT2D eigenvalue weighted by atomic mass is 10.0. The summed E-state index contributed by atoms with van der Waals surface area (Å²) in [7, 11) is 0. The maximum Gasteiger partial charge on any atom is 0.194 e. The van der Waals surface area contributed by atoms with Crippen molar-refractivity contribution in [2.24, 2.45) is 0 Å². The number of carbonyl (C=O) groups is 1. The highest BCUT2D eigenvalue weighted by Gasteiger charge is 2.18. The minimum Gasteiger partial charge on any atom is -0.493 e. The molecule has 1 heterocycles. The van der Waals surface area contributed by atoms with Gasteiger partial charge in [0.15, 0.2) is 5.78 Å². The number of fused-ring (bicyclic) bond motifs is 1. The first-order chi connectivity index (χ1) is 9.15. The summed E-state index contributed by atoms with van der Waals surface area (Å²) >= 11 is 3.28. The maximum atomic E-state index is 13.2. The van der Waals surface area contributed by atoms with E-state index in [4.69, 9.17) is 4.74 Å². The van der Waals surface area contributed by atoms with Crippen molar-refractivity contribution in [1.82, 2.24) is 0 Å². The van der Waals surface area contributed by atoms with Crippen molar-refractivity contribution >= 4 is 21.7 Å². The summed E-state index contributed by atoms with van der Waals surface area (Å²) in [6, 6.07) is 9.43. The second-order valence-electron chi connectivity index (χ2n) is 4.37. The molecule has 2 aromatic rings. The molecule has 0 saturated heterocycles. The maximum absolute atomic E-state index is 13.2. The van der Waals surface area contributed by atoms with Crippen LogP contribution in [0.4, 0.5) is 4.39 Å². The van der Waals surface area contributed by atoms with Crippen molar-refractivity contribution in [2.75, 3.05) is 6.61 Å². The van der Waals surface area contributed by atoms with Crippen molar-refractivity contribution < 1.29 is 13.9 Å². The molecule has 0 bridgehead atoms. The molecule has 2 nitrogen and oxygen atoms in total. The Kier molecular flexibility index (Phi) is 3.11. The van der Waals surface area contributed by atoms with Gasteiger partial charge in [0.1, 0.15) is 11.6 Å². The zero-order valence-corrected chi connectivity index (χ0v) is 11.5. The molecule has 0 amide bonds. The van der Waals surface area contributed by atoms with E-state index in [0.29, 0.717) is 22.2 Å². The van der Waals surface area contributed by atoms with Gasteiger partial charge in [-0.2, -0.15) is 0 Å². The molecule has 1 aliphatic rings. The lowest BCUT2D eigenvalue weighted by Crippen LogP contribution is -2.03. The van der Waals surface area contributed by atoms with Gasteiger partial charge in [-0.3, -0.25) is 4.79 Å². The largest absolute Gasteiger partial charge is 0.493 e. The predicted molar refractivity (Wildman–Crippen MR) is 73.2 cm³/mol. The van der Waals surface area contributed by atoms with Crippen LogP contribution in [0, 0.1) is 5.82 Å². The van der Waals surface area contributed by atoms with E-state index in [1.165, 1.54) is 12.1 Å². The van der Waals surface area contributed by atoms with Crippen LogP contribution in [0.3, 0.4) is 0 Å². The van der Waals surface area contributed by atoms with Crippen LogP contribution < -0.4 is 4.74 Å². The number of rotatable bonds is 2. The van der Waals surface area contributed by atoms with Gasteiger partial charge in [0.05, 0.1) is 6.61 Å². The van der Waals surface area contributed by atoms with Gasteiger partial charge in [0, 0.05) is 22.0 Å². The molecule has 0 radical (unpaired) electrons. The molecule has 0 aromatic heterocycles. The third-order valence-electron chi connectivity index (χ3n) is 3.12. The van der Waals surface area contributed by atoms with Crippen molar-refractivity contribution in [3.05, 3.63) is 63.4 Å². The molecule has 0 atom stereocenters. The van der Waals surface area contributed by atoms with Crippen molar-refractivity contribution in [3.8, 4) is 5.75 Å². The van der Waals surface area contributed by atoms with E-state index < -0.39 is 5.82 Å². The summed E-state index contributed by atoms with van der Waals surface area (Å²) in [6.45, 7) is 0.649. The fourth-order valence-electron chi connectivity index (χ4n) is 2.15. The first-order valence-electron chi connectivity index (χ1n) is 5.90. The molecule has 0 N–H and O–H groups in total. The molecule has 1 aliphatic heterocycles. The average Bonchev–Trinajstić information content (AvgIpc) is 2.88. The Balaban J connectivity index is 2.02. The third kappa shape index (κ3) is 2.28. The summed E-state index contributed by atoms with van der Waals surface area (Å²) in [5.74, 6) is 0.215. The van der Waals surface area contributed by atoms with Crippen LogP contribution in [0.5, 0.6) is 5.75 Å². The minimum atomic E-state index is -0.420. The first kappa shape index (κ1) is 12.4. The summed E-state index contributed by atoms with van der Waals surface area (Å²) in [6.07, 6.45) is 0.806. The van der Waals surface area contributed by atoms with E-state index in [0.717, 1.165) is 17.7 Å². The quantitative estimate of drug-likeness (QED) is 0.788. The molecule has 0 spiro atoms. The lowest BCUT2D eigenvalue weighted by molar-refractivity contribution is 0.103. The second kappa shape index (κ2) is 4.78. The zero-order chi connectivity index (χ0) is 13.4. The Morgan fingerprint density at radius 3 is 2.89 bits per heavy atom. The predicted octanol–water partition coefficient (Wildman–Crippen LogP) is 3.75. The van der Waals surface area contributed by atoms with Gasteiger partial charge in [-0.1, -0.05) is 15.9 Å². The van der Waals surface area contributed by atoms with Gasteiger partial charge in [-0.05, 0) is 42.0 Å². The number of hydrogen-bond acceptors (Lipinski definition) is 2. The van der Waals surface area contributed by atoms with E-state index >= 15 is 0 Å². The number of benzene rings is 2. The van der Waals surface area contributed by atoms with Crippen LogP contribution in [-0.4, -0.2) is 12.4 Å². The van der Waals surface area contributed by atoms with Crippen molar-refractivity contribution in [1.29, 1.82) is 0 Å². The standard InChI is InChI=1S/C15H10BrFO2/c16-13-3-2-11(17)8-12(13)15(18)10-1-4-14-9(7-10)5-6-19-14/h1-4,7-8H,5-6H2. The van der Waals surface area contributed by atoms with Crippen LogP contribution in [0.1, 0.15) is 21.5 Å². The SMILES string of the molecule is O=C(c1ccc2c(c1)CCO2)c1cc(F)ccc1Br. The fourth-order valence-corrected chi connectivity index (χ4v) is 2.58. The highest BCUT2D eigenvalue weighted by atomic mass is 79.9. The summed E-state index contributed by atoms with van der Waals surface area (Å²) < 4.78 is 19.2. The van der Waals surface area contributed by atoms with Gasteiger partial charge in [0.25, 0.3) is 0 Å². The number of ether oxygens (including phenoxy) is 1. The van der Waals surface area contributed by atoms with E-state index in [2.05, 4.69) is 15.9 Å². The number of halogens is 2. The molecule has 0 aliphatic carbocycles. The Morgan fingerprint density at radius 1 is 1.21 bits per heavy atom. The Hall–Kier alpha value is -1.68. The number of hydrogen-bond donors (Lipinski definition) is 0. The molecule has 3 rings (SSSR count). The monoisotopic (exact) mass is 320 g/mol. The fraction of sp³-hybridized carbons (Fsp3) is 0.133. The van der Waals surface area contributed by atoms with Gasteiger partial charge in [-0.15, -0.1) is 0 Å². The van der Waals surface area contributed by atoms with Crippen LogP contribution in [-0.2, 0) is 6.42 Å². The molecule has 0 saturated carbocycles. The number of carbonyl (C=O) groups excluding carboxylic acids is 1. The second-order valence-corrected chi connectivity index (χ2v) is 5.23. The Bertz CT molecular complexity index is 667. The van der Waals surface area contributed by atoms with Gasteiger partial charge in [-0.25, -0.2) is 4.39 Å². The molecule has 0 fully saturated rings. The van der Waals surface area contributed by atoms with E-state index in [1.54, 1.807) is 18.2 Å². The Labute approximate surface area is 118 Å². The number of ketones is 1. The smallest absolute Gasteiger partial charge is 0.194 e. The molecular weight excluding hydrogens is 311 g/mol. The van der Waals surface area contributed by atoms with E-state index in [9.17, 15) is 9.18 Å². The highest BCUT2D eigenvalue weighted by Crippen LogP contribution is 2.28. The normalized spacial score (nSPS) is 12.9. The molecule has 2 aromatic carbocycles. The van der Waals surface area contributed by atoms with Crippen LogP contribution >= 0.6 is 15.9 Å². The minimum absolute atomic E-state index is 0.193. The van der Waals surface area contributed by atoms with Crippen LogP contribution in [0.15, 0.2) is 40.9 Å². The van der Waals surface area contributed by atoms with E-state index in [1.807, 2.05) is 6.07 Å². The zero-order valence-electron chi connectivity index (χ0n) is 9.95. The molecule has 19 heavy (non-hydrogen) atoms. The molecule has 96 valence electrons. The highest BCUT2D eigenvalue weighted by molar-refractivity contribution is 9.10. The van der Waals surface area contributed by atoms with Crippen molar-refractivity contribution in [2.45, 2.75) is 6.42 Å². The summed E-state index contributed by atoms with van der Waals surface area (Å²) in [5.41, 5.74) is 1.91. The summed E-state index contributed by atoms with van der Waals surface area (Å²) in [4.78, 5) is 12.4. The van der Waals surface area contributed by atoms with Gasteiger partial charge in [0.2, 0.25) is 0 Å². The molecule has 0 unspecified atom stereocenters. The molecule has 4 heteroatoms. The van der Waals surface area contributed by atoms with E-state index in [-0.39, 0.29) is 5.78 Å². The molecular formula is C15H10BrFO2. The van der Waals surface area contributed by atoms with Crippen LogP contribution in [0.2, 0.25) is 0 Å². The average molecular weight is 321 g/mol. The van der Waals surface area contributed by atoms with Crippen molar-refractivity contribution in [3.63, 3.8) is 0 Å². The topological polar surface area (TPSA) is 26.3 Å². The first-order valence-corrected chi connectivity index (χ1v) is 6.70. The Morgan fingerprint density at radius 2 is 2.05 bits per heavy atom. The lowest BCUT2D eigenvalue weighted by Gasteiger charge is -2.06. The third-order valence-corrected chi connectivity index (χ3v) is 3.82. The van der Waals surface area contributed by atoms with Crippen LogP contribution in [0.25, 0.3) is 0 Å². The summed E-state index contributed by atoms with van der Waals surface area (Å²) in [5, 5.41) is 0.